The lowest BCUT2D eigenvalue weighted by Gasteiger charge is -2.34. The van der Waals surface area contributed by atoms with Crippen LogP contribution in [0.4, 0.5) is 4.39 Å². The molecule has 1 aliphatic rings. The average Bonchev–Trinajstić information content (AvgIpc) is 3.40. The largest absolute Gasteiger partial charge is 0.356 e. The van der Waals surface area contributed by atoms with Gasteiger partial charge in [-0.25, -0.2) is 9.37 Å². The van der Waals surface area contributed by atoms with Gasteiger partial charge in [0, 0.05) is 28.7 Å². The van der Waals surface area contributed by atoms with Crippen molar-refractivity contribution >= 4 is 27.9 Å². The van der Waals surface area contributed by atoms with Gasteiger partial charge in [0.1, 0.15) is 5.82 Å². The normalized spacial score (nSPS) is 15.8. The van der Waals surface area contributed by atoms with Crippen LogP contribution in [-0.4, -0.2) is 32.5 Å². The SMILES string of the molecule is Cc1noc2nc(-c3ccccc3F)cc(C(=O)N3CCc4c([nH]c5ccccc45)C3C)c12. The van der Waals surface area contributed by atoms with Gasteiger partial charge < -0.3 is 14.4 Å². The van der Waals surface area contributed by atoms with Crippen LogP contribution in [0, 0.1) is 12.7 Å². The number of hydrogen-bond donors (Lipinski definition) is 1. The van der Waals surface area contributed by atoms with Crippen molar-refractivity contribution < 1.29 is 13.7 Å². The summed E-state index contributed by atoms with van der Waals surface area (Å²) in [5, 5.41) is 5.78. The van der Waals surface area contributed by atoms with Gasteiger partial charge in [0.25, 0.3) is 11.6 Å². The smallest absolute Gasteiger partial charge is 0.259 e. The lowest BCUT2D eigenvalue weighted by molar-refractivity contribution is 0.0676. The molecule has 0 saturated carbocycles. The third kappa shape index (κ3) is 2.96. The van der Waals surface area contributed by atoms with Gasteiger partial charge in [-0.1, -0.05) is 35.5 Å². The second-order valence-electron chi connectivity index (χ2n) is 8.47. The number of benzene rings is 2. The number of amides is 1. The second kappa shape index (κ2) is 7.27. The molecule has 1 aliphatic heterocycles. The zero-order valence-corrected chi connectivity index (χ0v) is 18.2. The number of halogens is 1. The van der Waals surface area contributed by atoms with Crippen molar-refractivity contribution in [1.29, 1.82) is 0 Å². The highest BCUT2D eigenvalue weighted by molar-refractivity contribution is 6.07. The van der Waals surface area contributed by atoms with E-state index in [1.54, 1.807) is 31.2 Å². The third-order valence-electron chi connectivity index (χ3n) is 6.59. The first-order valence-electron chi connectivity index (χ1n) is 11.0. The summed E-state index contributed by atoms with van der Waals surface area (Å²) >= 11 is 0. The Bertz CT molecular complexity index is 1550. The monoisotopic (exact) mass is 440 g/mol. The van der Waals surface area contributed by atoms with Crippen LogP contribution in [0.3, 0.4) is 0 Å². The molecule has 164 valence electrons. The summed E-state index contributed by atoms with van der Waals surface area (Å²) in [6.45, 7) is 4.39. The van der Waals surface area contributed by atoms with E-state index in [0.29, 0.717) is 34.4 Å². The Morgan fingerprint density at radius 3 is 2.82 bits per heavy atom. The van der Waals surface area contributed by atoms with E-state index < -0.39 is 5.82 Å². The fourth-order valence-corrected chi connectivity index (χ4v) is 4.93. The Morgan fingerprint density at radius 2 is 1.97 bits per heavy atom. The molecule has 0 saturated heterocycles. The molecule has 0 spiro atoms. The summed E-state index contributed by atoms with van der Waals surface area (Å²) < 4.78 is 19.9. The fraction of sp³-hybridized carbons (Fsp3) is 0.192. The topological polar surface area (TPSA) is 75.0 Å². The molecule has 3 aromatic heterocycles. The van der Waals surface area contributed by atoms with Gasteiger partial charge in [-0.05, 0) is 50.1 Å². The van der Waals surface area contributed by atoms with Gasteiger partial charge in [-0.15, -0.1) is 0 Å². The van der Waals surface area contributed by atoms with Crippen molar-refractivity contribution in [1.82, 2.24) is 20.0 Å². The number of H-pyrrole nitrogens is 1. The van der Waals surface area contributed by atoms with Crippen LogP contribution in [-0.2, 0) is 6.42 Å². The van der Waals surface area contributed by atoms with Crippen molar-refractivity contribution in [2.24, 2.45) is 0 Å². The minimum Gasteiger partial charge on any atom is -0.356 e. The van der Waals surface area contributed by atoms with E-state index >= 15 is 0 Å². The number of hydrogen-bond acceptors (Lipinski definition) is 4. The Morgan fingerprint density at radius 1 is 1.18 bits per heavy atom. The number of aromatic nitrogens is 3. The minimum absolute atomic E-state index is 0.144. The molecule has 2 aromatic carbocycles. The predicted octanol–water partition coefficient (Wildman–Crippen LogP) is 5.58. The second-order valence-corrected chi connectivity index (χ2v) is 8.47. The maximum Gasteiger partial charge on any atom is 0.259 e. The van der Waals surface area contributed by atoms with Crippen LogP contribution in [0.5, 0.6) is 0 Å². The molecule has 0 aliphatic carbocycles. The lowest BCUT2D eigenvalue weighted by atomic mass is 9.96. The van der Waals surface area contributed by atoms with Crippen molar-refractivity contribution in [2.45, 2.75) is 26.3 Å². The highest BCUT2D eigenvalue weighted by Crippen LogP contribution is 2.36. The minimum atomic E-state index is -0.409. The van der Waals surface area contributed by atoms with Gasteiger partial charge in [-0.3, -0.25) is 4.79 Å². The number of aromatic amines is 1. The molecule has 1 unspecified atom stereocenters. The first-order chi connectivity index (χ1) is 16.0. The van der Waals surface area contributed by atoms with Crippen LogP contribution in [0.1, 0.15) is 40.3 Å². The van der Waals surface area contributed by atoms with E-state index in [9.17, 15) is 9.18 Å². The molecular formula is C26H21FN4O2. The molecule has 0 bridgehead atoms. The van der Waals surface area contributed by atoms with Gasteiger partial charge >= 0.3 is 0 Å². The van der Waals surface area contributed by atoms with E-state index in [1.165, 1.54) is 17.0 Å². The fourth-order valence-electron chi connectivity index (χ4n) is 4.93. The van der Waals surface area contributed by atoms with Gasteiger partial charge in [-0.2, -0.15) is 0 Å². The number of carbonyl (C=O) groups is 1. The summed E-state index contributed by atoms with van der Waals surface area (Å²) in [7, 11) is 0. The van der Waals surface area contributed by atoms with Crippen LogP contribution in [0.25, 0.3) is 33.3 Å². The lowest BCUT2D eigenvalue weighted by Crippen LogP contribution is -2.39. The number of carbonyl (C=O) groups excluding carboxylic acids is 1. The number of pyridine rings is 1. The summed E-state index contributed by atoms with van der Waals surface area (Å²) in [5.41, 5.74) is 5.27. The molecule has 1 amide bonds. The number of aryl methyl sites for hydroxylation is 1. The molecule has 6 nitrogen and oxygen atoms in total. The van der Waals surface area contributed by atoms with Crippen molar-refractivity contribution in [2.75, 3.05) is 6.54 Å². The maximum absolute atomic E-state index is 14.5. The maximum atomic E-state index is 14.5. The third-order valence-corrected chi connectivity index (χ3v) is 6.59. The average molecular weight is 440 g/mol. The first kappa shape index (κ1) is 19.7. The highest BCUT2D eigenvalue weighted by atomic mass is 19.1. The zero-order valence-electron chi connectivity index (χ0n) is 18.2. The first-order valence-corrected chi connectivity index (χ1v) is 11.0. The molecule has 0 fully saturated rings. The summed E-state index contributed by atoms with van der Waals surface area (Å²) in [5.74, 6) is -0.559. The highest BCUT2D eigenvalue weighted by Gasteiger charge is 2.33. The molecule has 7 heteroatoms. The molecule has 5 aromatic rings. The Balaban J connectivity index is 1.47. The standard InChI is InChI=1S/C26H21FN4O2/c1-14-23-19(13-22(29-25(23)33-30-14)18-8-3-5-9-20(18)27)26(32)31-12-11-17-16-7-4-6-10-21(16)28-24(17)15(31)2/h3-10,13,15,28H,11-12H2,1-2H3. The predicted molar refractivity (Wildman–Crippen MR) is 123 cm³/mol. The van der Waals surface area contributed by atoms with E-state index in [-0.39, 0.29) is 17.7 Å². The van der Waals surface area contributed by atoms with Gasteiger partial charge in [0.05, 0.1) is 28.4 Å². The van der Waals surface area contributed by atoms with Crippen molar-refractivity contribution in [3.63, 3.8) is 0 Å². The molecule has 4 heterocycles. The Hall–Kier alpha value is -4.00. The van der Waals surface area contributed by atoms with E-state index in [4.69, 9.17) is 4.52 Å². The van der Waals surface area contributed by atoms with Crippen LogP contribution in [0.2, 0.25) is 0 Å². The van der Waals surface area contributed by atoms with E-state index in [0.717, 1.165) is 17.6 Å². The summed E-state index contributed by atoms with van der Waals surface area (Å²) in [6, 6.07) is 16.1. The molecule has 1 atom stereocenters. The molecule has 0 radical (unpaired) electrons. The van der Waals surface area contributed by atoms with Crippen molar-refractivity contribution in [3.05, 3.63) is 82.9 Å². The van der Waals surface area contributed by atoms with Gasteiger partial charge in [0.15, 0.2) is 0 Å². The Kier molecular flexibility index (Phi) is 4.33. The number of para-hydroxylation sites is 1. The van der Waals surface area contributed by atoms with E-state index in [2.05, 4.69) is 27.3 Å². The van der Waals surface area contributed by atoms with Crippen LogP contribution >= 0.6 is 0 Å². The number of fused-ring (bicyclic) bond motifs is 4. The summed E-state index contributed by atoms with van der Waals surface area (Å²) in [4.78, 5) is 23.7. The van der Waals surface area contributed by atoms with Crippen LogP contribution in [0.15, 0.2) is 59.1 Å². The molecular weight excluding hydrogens is 419 g/mol. The number of nitrogens with zero attached hydrogens (tertiary/aromatic N) is 3. The number of rotatable bonds is 2. The summed E-state index contributed by atoms with van der Waals surface area (Å²) in [6.07, 6.45) is 0.756. The Labute approximate surface area is 189 Å². The quantitative estimate of drug-likeness (QED) is 0.389. The van der Waals surface area contributed by atoms with Gasteiger partial charge in [0.2, 0.25) is 0 Å². The molecule has 33 heavy (non-hydrogen) atoms. The zero-order chi connectivity index (χ0) is 22.7. The van der Waals surface area contributed by atoms with E-state index in [1.807, 2.05) is 24.0 Å². The van der Waals surface area contributed by atoms with Crippen molar-refractivity contribution in [3.8, 4) is 11.3 Å². The number of nitrogens with one attached hydrogen (secondary N) is 1. The van der Waals surface area contributed by atoms with Crippen LogP contribution < -0.4 is 0 Å². The molecule has 6 rings (SSSR count). The molecule has 1 N–H and O–H groups in total.